The van der Waals surface area contributed by atoms with Crippen LogP contribution in [-0.4, -0.2) is 52.7 Å². The van der Waals surface area contributed by atoms with E-state index in [1.54, 1.807) is 6.07 Å². The summed E-state index contributed by atoms with van der Waals surface area (Å²) in [6.45, 7) is 3.71. The van der Waals surface area contributed by atoms with Crippen molar-refractivity contribution in [2.45, 2.75) is 6.42 Å². The van der Waals surface area contributed by atoms with Crippen molar-refractivity contribution < 1.29 is 0 Å². The third-order valence-electron chi connectivity index (χ3n) is 5.83. The summed E-state index contributed by atoms with van der Waals surface area (Å²) in [5.41, 5.74) is 9.31. The van der Waals surface area contributed by atoms with Crippen molar-refractivity contribution in [2.24, 2.45) is 0 Å². The fourth-order valence-electron chi connectivity index (χ4n) is 4.13. The molecule has 1 fully saturated rings. The third-order valence-corrected chi connectivity index (χ3v) is 6.64. The van der Waals surface area contributed by atoms with Crippen molar-refractivity contribution in [1.29, 1.82) is 0 Å². The van der Waals surface area contributed by atoms with Gasteiger partial charge in [-0.2, -0.15) is 15.0 Å². The molecule has 4 aromatic rings. The second-order valence-electron chi connectivity index (χ2n) is 7.90. The molecule has 0 aliphatic carbocycles. The Balaban J connectivity index is 1.22. The molecule has 33 heavy (non-hydrogen) atoms. The highest BCUT2D eigenvalue weighted by atomic mass is 35.5. The smallest absolute Gasteiger partial charge is 0.232 e. The number of piperazine rings is 1. The summed E-state index contributed by atoms with van der Waals surface area (Å²) in [5.74, 6) is 1.27. The van der Waals surface area contributed by atoms with E-state index in [4.69, 9.17) is 28.9 Å². The lowest BCUT2D eigenvalue weighted by Gasteiger charge is -2.36. The van der Waals surface area contributed by atoms with Crippen LogP contribution in [0, 0.1) is 0 Å². The van der Waals surface area contributed by atoms with Crippen LogP contribution in [-0.2, 0) is 6.42 Å². The van der Waals surface area contributed by atoms with Crippen molar-refractivity contribution >= 4 is 57.6 Å². The predicted molar refractivity (Wildman–Crippen MR) is 136 cm³/mol. The van der Waals surface area contributed by atoms with Crippen LogP contribution in [0.1, 0.15) is 5.56 Å². The number of anilines is 4. The first kappa shape index (κ1) is 21.6. The van der Waals surface area contributed by atoms with E-state index < -0.39 is 0 Å². The number of aromatic amines is 1. The van der Waals surface area contributed by atoms with E-state index in [1.807, 2.05) is 30.5 Å². The highest BCUT2D eigenvalue weighted by Gasteiger charge is 2.22. The van der Waals surface area contributed by atoms with Crippen LogP contribution in [0.4, 0.5) is 23.5 Å². The van der Waals surface area contributed by atoms with Crippen LogP contribution in [0.2, 0.25) is 10.0 Å². The molecule has 0 radical (unpaired) electrons. The number of rotatable bonds is 6. The van der Waals surface area contributed by atoms with Crippen LogP contribution in [0.3, 0.4) is 0 Å². The van der Waals surface area contributed by atoms with E-state index in [0.717, 1.165) is 43.8 Å². The summed E-state index contributed by atoms with van der Waals surface area (Å²) < 4.78 is 0. The number of nitrogen functional groups attached to an aromatic ring is 1. The minimum Gasteiger partial charge on any atom is -0.368 e. The molecule has 0 amide bonds. The van der Waals surface area contributed by atoms with Crippen molar-refractivity contribution in [1.82, 2.24) is 19.9 Å². The van der Waals surface area contributed by atoms with Gasteiger partial charge in [0.1, 0.15) is 0 Å². The lowest BCUT2D eigenvalue weighted by molar-refractivity contribution is 0.639. The van der Waals surface area contributed by atoms with Crippen molar-refractivity contribution in [3.8, 4) is 0 Å². The maximum absolute atomic E-state index is 6.39. The number of para-hydroxylation sites is 1. The molecule has 1 aliphatic rings. The second kappa shape index (κ2) is 9.33. The lowest BCUT2D eigenvalue weighted by Crippen LogP contribution is -2.47. The summed E-state index contributed by atoms with van der Waals surface area (Å²) in [6, 6.07) is 14.0. The van der Waals surface area contributed by atoms with E-state index in [2.05, 4.69) is 47.2 Å². The van der Waals surface area contributed by atoms with E-state index in [-0.39, 0.29) is 5.95 Å². The van der Waals surface area contributed by atoms with Gasteiger partial charge in [-0.3, -0.25) is 0 Å². The third kappa shape index (κ3) is 4.62. The fourth-order valence-corrected chi connectivity index (χ4v) is 4.55. The molecule has 0 spiro atoms. The predicted octanol–water partition coefficient (Wildman–Crippen LogP) is 4.22. The number of hydrogen-bond acceptors (Lipinski definition) is 7. The topological polar surface area (TPSA) is 99.0 Å². The number of H-pyrrole nitrogens is 1. The number of fused-ring (bicyclic) bond motifs is 1. The highest BCUT2D eigenvalue weighted by molar-refractivity contribution is 6.43. The zero-order chi connectivity index (χ0) is 22.8. The van der Waals surface area contributed by atoms with Gasteiger partial charge in [-0.15, -0.1) is 0 Å². The standard InChI is InChI=1S/C23H24Cl2N8/c24-17-5-3-7-19(20(17)25)32-10-12-33(13-11-32)23-30-21(26)29-22(31-23)27-9-8-15-14-28-18-6-2-1-4-16(15)18/h1-7,14,28H,8-13H2,(H3,26,27,29,30,31). The minimum absolute atomic E-state index is 0.204. The van der Waals surface area contributed by atoms with Gasteiger partial charge >= 0.3 is 0 Å². The summed E-state index contributed by atoms with van der Waals surface area (Å²) in [4.78, 5) is 20.9. The zero-order valence-corrected chi connectivity index (χ0v) is 19.4. The number of nitrogens with two attached hydrogens (primary N) is 1. The van der Waals surface area contributed by atoms with E-state index in [0.29, 0.717) is 28.5 Å². The second-order valence-corrected chi connectivity index (χ2v) is 8.69. The largest absolute Gasteiger partial charge is 0.368 e. The molecule has 2 aromatic carbocycles. The molecule has 2 aromatic heterocycles. The van der Waals surface area contributed by atoms with Gasteiger partial charge in [0.2, 0.25) is 17.8 Å². The molecular weight excluding hydrogens is 459 g/mol. The molecule has 10 heteroatoms. The molecule has 5 rings (SSSR count). The Bertz CT molecular complexity index is 1270. The SMILES string of the molecule is Nc1nc(NCCc2c[nH]c3ccccc23)nc(N2CCN(c3cccc(Cl)c3Cl)CC2)n1. The maximum Gasteiger partial charge on any atom is 0.232 e. The Morgan fingerprint density at radius 1 is 0.939 bits per heavy atom. The molecule has 0 bridgehead atoms. The average molecular weight is 483 g/mol. The van der Waals surface area contributed by atoms with E-state index in [1.165, 1.54) is 10.9 Å². The number of nitrogens with one attached hydrogen (secondary N) is 2. The van der Waals surface area contributed by atoms with Gasteiger partial charge in [0.25, 0.3) is 0 Å². The molecule has 1 aliphatic heterocycles. The summed E-state index contributed by atoms with van der Waals surface area (Å²) in [5, 5.41) is 5.66. The van der Waals surface area contributed by atoms with Crippen LogP contribution >= 0.6 is 23.2 Å². The van der Waals surface area contributed by atoms with Gasteiger partial charge in [-0.1, -0.05) is 47.5 Å². The number of hydrogen-bond donors (Lipinski definition) is 3. The minimum atomic E-state index is 0.204. The van der Waals surface area contributed by atoms with Crippen LogP contribution in [0.25, 0.3) is 10.9 Å². The molecule has 170 valence electrons. The number of halogens is 2. The van der Waals surface area contributed by atoms with Crippen molar-refractivity contribution in [2.75, 3.05) is 53.6 Å². The van der Waals surface area contributed by atoms with Crippen LogP contribution in [0.15, 0.2) is 48.7 Å². The molecule has 1 saturated heterocycles. The summed E-state index contributed by atoms with van der Waals surface area (Å²) >= 11 is 12.6. The molecule has 0 atom stereocenters. The van der Waals surface area contributed by atoms with Crippen molar-refractivity contribution in [3.05, 3.63) is 64.3 Å². The van der Waals surface area contributed by atoms with Gasteiger partial charge in [0.15, 0.2) is 0 Å². The number of benzene rings is 2. The van der Waals surface area contributed by atoms with Gasteiger partial charge in [0.05, 0.1) is 15.7 Å². The zero-order valence-electron chi connectivity index (χ0n) is 17.9. The van der Waals surface area contributed by atoms with E-state index in [9.17, 15) is 0 Å². The Labute approximate surface area is 201 Å². The fraction of sp³-hybridized carbons (Fsp3) is 0.261. The van der Waals surface area contributed by atoms with Crippen LogP contribution in [0.5, 0.6) is 0 Å². The highest BCUT2D eigenvalue weighted by Crippen LogP contribution is 2.33. The number of aromatic nitrogens is 4. The Hall–Kier alpha value is -3.23. The van der Waals surface area contributed by atoms with Gasteiger partial charge in [-0.25, -0.2) is 0 Å². The van der Waals surface area contributed by atoms with Crippen molar-refractivity contribution in [3.63, 3.8) is 0 Å². The lowest BCUT2D eigenvalue weighted by atomic mass is 10.1. The quantitative estimate of drug-likeness (QED) is 0.378. The Kier molecular flexibility index (Phi) is 6.11. The molecule has 8 nitrogen and oxygen atoms in total. The Morgan fingerprint density at radius 2 is 1.73 bits per heavy atom. The van der Waals surface area contributed by atoms with Gasteiger partial charge in [0, 0.05) is 49.8 Å². The van der Waals surface area contributed by atoms with Crippen LogP contribution < -0.4 is 20.9 Å². The first-order valence-corrected chi connectivity index (χ1v) is 11.6. The molecular formula is C23H24Cl2N8. The number of nitrogens with zero attached hydrogens (tertiary/aromatic N) is 5. The van der Waals surface area contributed by atoms with Gasteiger partial charge in [-0.05, 0) is 30.2 Å². The monoisotopic (exact) mass is 482 g/mol. The molecule has 3 heterocycles. The average Bonchev–Trinajstić information content (AvgIpc) is 3.24. The van der Waals surface area contributed by atoms with E-state index >= 15 is 0 Å². The molecule has 4 N–H and O–H groups in total. The Morgan fingerprint density at radius 3 is 2.58 bits per heavy atom. The maximum atomic E-state index is 6.39. The molecule has 0 saturated carbocycles. The normalized spacial score (nSPS) is 14.1. The summed E-state index contributed by atoms with van der Waals surface area (Å²) in [6.07, 6.45) is 2.88. The first-order valence-electron chi connectivity index (χ1n) is 10.8. The van der Waals surface area contributed by atoms with Gasteiger partial charge < -0.3 is 25.8 Å². The first-order chi connectivity index (χ1) is 16.1. The summed E-state index contributed by atoms with van der Waals surface area (Å²) in [7, 11) is 0. The molecule has 0 unspecified atom stereocenters.